The summed E-state index contributed by atoms with van der Waals surface area (Å²) in [5.74, 6) is -0.515. The van der Waals surface area contributed by atoms with Crippen LogP contribution in [0, 0.1) is 11.3 Å². The molecule has 0 fully saturated rings. The van der Waals surface area contributed by atoms with Gasteiger partial charge in [0.15, 0.2) is 0 Å². The van der Waals surface area contributed by atoms with Gasteiger partial charge >= 0.3 is 5.97 Å². The Balaban J connectivity index is 3.85. The Hall–Kier alpha value is -1.06. The third kappa shape index (κ3) is 6.10. The van der Waals surface area contributed by atoms with Crippen molar-refractivity contribution in [2.75, 3.05) is 6.54 Å². The summed E-state index contributed by atoms with van der Waals surface area (Å²) < 4.78 is 0. The lowest BCUT2D eigenvalue weighted by atomic mass is 9.88. The number of amides is 1. The molecular weight excluding hydrogens is 194 g/mol. The Bertz CT molecular complexity index is 234. The fraction of sp³-hybridized carbons (Fsp3) is 0.818. The summed E-state index contributed by atoms with van der Waals surface area (Å²) in [7, 11) is 0. The van der Waals surface area contributed by atoms with Gasteiger partial charge in [-0.05, 0) is 26.2 Å². The zero-order valence-corrected chi connectivity index (χ0v) is 9.96. The van der Waals surface area contributed by atoms with Crippen molar-refractivity contribution in [1.29, 1.82) is 0 Å². The molecule has 2 N–H and O–H groups in total. The number of aliphatic carboxylic acids is 1. The Morgan fingerprint density at radius 2 is 1.87 bits per heavy atom. The molecule has 0 saturated carbocycles. The fourth-order valence-electron chi connectivity index (χ4n) is 0.939. The first kappa shape index (κ1) is 13.9. The minimum atomic E-state index is -0.862. The molecule has 1 amide bonds. The monoisotopic (exact) mass is 215 g/mol. The summed E-state index contributed by atoms with van der Waals surface area (Å²) in [6, 6.07) is 0. The van der Waals surface area contributed by atoms with Crippen molar-refractivity contribution in [2.45, 2.75) is 40.5 Å². The van der Waals surface area contributed by atoms with Crippen molar-refractivity contribution < 1.29 is 14.7 Å². The largest absolute Gasteiger partial charge is 0.481 e. The van der Waals surface area contributed by atoms with Crippen molar-refractivity contribution in [3.05, 3.63) is 0 Å². The smallest absolute Gasteiger partial charge is 0.309 e. The van der Waals surface area contributed by atoms with E-state index in [1.165, 1.54) is 0 Å². The van der Waals surface area contributed by atoms with Crippen LogP contribution < -0.4 is 5.32 Å². The van der Waals surface area contributed by atoms with Gasteiger partial charge in [0.2, 0.25) is 5.91 Å². The van der Waals surface area contributed by atoms with Gasteiger partial charge in [-0.1, -0.05) is 13.8 Å². The molecule has 88 valence electrons. The molecule has 0 heterocycles. The molecule has 0 aliphatic rings. The van der Waals surface area contributed by atoms with Gasteiger partial charge in [-0.2, -0.15) is 0 Å². The van der Waals surface area contributed by atoms with Crippen LogP contribution in [-0.2, 0) is 9.59 Å². The number of carboxylic acid groups (broad SMARTS) is 1. The molecule has 0 aromatic rings. The van der Waals surface area contributed by atoms with Crippen molar-refractivity contribution in [3.63, 3.8) is 0 Å². The Morgan fingerprint density at radius 3 is 2.27 bits per heavy atom. The number of nitrogens with one attached hydrogen (secondary N) is 1. The average Bonchev–Trinajstić information content (AvgIpc) is 2.11. The van der Waals surface area contributed by atoms with Crippen LogP contribution >= 0.6 is 0 Å². The van der Waals surface area contributed by atoms with Crippen LogP contribution in [0.25, 0.3) is 0 Å². The first-order valence-corrected chi connectivity index (χ1v) is 5.26. The third-order valence-electron chi connectivity index (χ3n) is 2.26. The molecule has 0 spiro atoms. The predicted molar refractivity (Wildman–Crippen MR) is 58.5 cm³/mol. The van der Waals surface area contributed by atoms with E-state index in [4.69, 9.17) is 5.11 Å². The summed E-state index contributed by atoms with van der Waals surface area (Å²) in [6.45, 7) is 7.94. The van der Waals surface area contributed by atoms with E-state index in [0.717, 1.165) is 0 Å². The van der Waals surface area contributed by atoms with Gasteiger partial charge in [-0.25, -0.2) is 0 Å². The molecule has 0 saturated heterocycles. The lowest BCUT2D eigenvalue weighted by molar-refractivity contribution is -0.147. The van der Waals surface area contributed by atoms with Crippen molar-refractivity contribution in [1.82, 2.24) is 5.32 Å². The van der Waals surface area contributed by atoms with Crippen LogP contribution in [0.1, 0.15) is 40.5 Å². The fourth-order valence-corrected chi connectivity index (χ4v) is 0.939. The number of hydrogen-bond donors (Lipinski definition) is 2. The standard InChI is InChI=1S/C11H21NO3/c1-8(2)7-12-9(13)5-6-11(3,4)10(14)15/h8H,5-7H2,1-4H3,(H,12,13)(H,14,15). The Morgan fingerprint density at radius 1 is 1.33 bits per heavy atom. The maximum Gasteiger partial charge on any atom is 0.309 e. The molecule has 0 aliphatic heterocycles. The van der Waals surface area contributed by atoms with E-state index in [1.807, 2.05) is 13.8 Å². The van der Waals surface area contributed by atoms with Gasteiger partial charge in [-0.3, -0.25) is 9.59 Å². The summed E-state index contributed by atoms with van der Waals surface area (Å²) in [6.07, 6.45) is 0.637. The topological polar surface area (TPSA) is 66.4 Å². The number of carbonyl (C=O) groups is 2. The van der Waals surface area contributed by atoms with E-state index in [9.17, 15) is 9.59 Å². The average molecular weight is 215 g/mol. The molecular formula is C11H21NO3. The van der Waals surface area contributed by atoms with Crippen LogP contribution in [0.2, 0.25) is 0 Å². The molecule has 0 radical (unpaired) electrons. The maximum atomic E-state index is 11.3. The summed E-state index contributed by atoms with van der Waals surface area (Å²) >= 11 is 0. The van der Waals surface area contributed by atoms with E-state index in [2.05, 4.69) is 5.32 Å². The molecule has 0 aromatic carbocycles. The quantitative estimate of drug-likeness (QED) is 0.708. The zero-order chi connectivity index (χ0) is 12.1. The second-order valence-corrected chi connectivity index (χ2v) is 4.89. The Labute approximate surface area is 91.1 Å². The lowest BCUT2D eigenvalue weighted by Crippen LogP contribution is -2.30. The highest BCUT2D eigenvalue weighted by atomic mass is 16.4. The highest BCUT2D eigenvalue weighted by molar-refractivity contribution is 5.78. The molecule has 0 atom stereocenters. The molecule has 0 rings (SSSR count). The van der Waals surface area contributed by atoms with Crippen LogP contribution in [-0.4, -0.2) is 23.5 Å². The number of hydrogen-bond acceptors (Lipinski definition) is 2. The summed E-state index contributed by atoms with van der Waals surface area (Å²) in [5.41, 5.74) is -0.824. The van der Waals surface area contributed by atoms with E-state index >= 15 is 0 Å². The molecule has 0 aromatic heterocycles. The minimum Gasteiger partial charge on any atom is -0.481 e. The van der Waals surface area contributed by atoms with Crippen LogP contribution in [0.3, 0.4) is 0 Å². The van der Waals surface area contributed by atoms with Crippen molar-refractivity contribution >= 4 is 11.9 Å². The minimum absolute atomic E-state index is 0.0713. The number of carbonyl (C=O) groups excluding carboxylic acids is 1. The molecule has 0 bridgehead atoms. The Kier molecular flexibility index (Phi) is 5.33. The first-order chi connectivity index (χ1) is 6.75. The summed E-state index contributed by atoms with van der Waals surface area (Å²) in [5, 5.41) is 11.6. The SMILES string of the molecule is CC(C)CNC(=O)CCC(C)(C)C(=O)O. The second kappa shape index (κ2) is 5.73. The van der Waals surface area contributed by atoms with Gasteiger partial charge in [0.1, 0.15) is 0 Å². The van der Waals surface area contributed by atoms with E-state index < -0.39 is 11.4 Å². The molecule has 0 aliphatic carbocycles. The van der Waals surface area contributed by atoms with Gasteiger partial charge in [0.25, 0.3) is 0 Å². The van der Waals surface area contributed by atoms with Crippen LogP contribution in [0.4, 0.5) is 0 Å². The van der Waals surface area contributed by atoms with Gasteiger partial charge in [-0.15, -0.1) is 0 Å². The van der Waals surface area contributed by atoms with Gasteiger partial charge in [0, 0.05) is 13.0 Å². The summed E-state index contributed by atoms with van der Waals surface area (Å²) in [4.78, 5) is 22.1. The molecule has 4 heteroatoms. The molecule has 15 heavy (non-hydrogen) atoms. The van der Waals surface area contributed by atoms with Crippen LogP contribution in [0.15, 0.2) is 0 Å². The number of rotatable bonds is 6. The van der Waals surface area contributed by atoms with Crippen molar-refractivity contribution in [2.24, 2.45) is 11.3 Å². The predicted octanol–water partition coefficient (Wildman–Crippen LogP) is 1.65. The zero-order valence-electron chi connectivity index (χ0n) is 9.96. The molecule has 0 unspecified atom stereocenters. The van der Waals surface area contributed by atoms with Crippen LogP contribution in [0.5, 0.6) is 0 Å². The number of carboxylic acids is 1. The van der Waals surface area contributed by atoms with E-state index in [-0.39, 0.29) is 12.3 Å². The first-order valence-electron chi connectivity index (χ1n) is 5.26. The van der Waals surface area contributed by atoms with E-state index in [1.54, 1.807) is 13.8 Å². The van der Waals surface area contributed by atoms with Gasteiger partial charge < -0.3 is 10.4 Å². The van der Waals surface area contributed by atoms with Crippen molar-refractivity contribution in [3.8, 4) is 0 Å². The van der Waals surface area contributed by atoms with Gasteiger partial charge in [0.05, 0.1) is 5.41 Å². The normalized spacial score (nSPS) is 11.5. The third-order valence-corrected chi connectivity index (χ3v) is 2.26. The second-order valence-electron chi connectivity index (χ2n) is 4.89. The highest BCUT2D eigenvalue weighted by Gasteiger charge is 2.27. The van der Waals surface area contributed by atoms with E-state index in [0.29, 0.717) is 18.9 Å². The molecule has 4 nitrogen and oxygen atoms in total. The maximum absolute atomic E-state index is 11.3. The lowest BCUT2D eigenvalue weighted by Gasteiger charge is -2.18. The highest BCUT2D eigenvalue weighted by Crippen LogP contribution is 2.22.